The quantitative estimate of drug-likeness (QED) is 0.442. The van der Waals surface area contributed by atoms with Crippen LogP contribution in [0.1, 0.15) is 33.4 Å². The highest BCUT2D eigenvalue weighted by atomic mass is 14.8. The summed E-state index contributed by atoms with van der Waals surface area (Å²) in [5, 5.41) is 77.5. The number of hydrogen-bond donors (Lipinski definition) is 0. The SMILES string of the molecule is [C-]#[N+]C1=C([N+]#[C-])c2c(C#N)c3c(c(C#N)c2C1=C(C#N)C#N)C(=C(C#N)C#N)C(C#N)=C3C#N. The van der Waals surface area contributed by atoms with E-state index < -0.39 is 39.2 Å². The molecular formula is C24N10. The first kappa shape index (κ1) is 21.8. The molecule has 10 nitrogen and oxygen atoms in total. The lowest BCUT2D eigenvalue weighted by Crippen LogP contribution is -2.04. The third kappa shape index (κ3) is 2.45. The summed E-state index contributed by atoms with van der Waals surface area (Å²) >= 11 is 0. The summed E-state index contributed by atoms with van der Waals surface area (Å²) in [7, 11) is 0. The zero-order valence-corrected chi connectivity index (χ0v) is 16.5. The first-order chi connectivity index (χ1) is 16.5. The fourth-order valence-corrected chi connectivity index (χ4v) is 3.90. The Morgan fingerprint density at radius 2 is 0.941 bits per heavy atom. The zero-order valence-electron chi connectivity index (χ0n) is 16.5. The van der Waals surface area contributed by atoms with Crippen LogP contribution in [0.15, 0.2) is 22.4 Å². The molecule has 0 saturated heterocycles. The molecule has 0 heterocycles. The van der Waals surface area contributed by atoms with Crippen molar-refractivity contribution in [3.05, 3.63) is 78.6 Å². The molecule has 0 radical (unpaired) electrons. The predicted octanol–water partition coefficient (Wildman–Crippen LogP) is 3.37. The molecule has 0 N–H and O–H groups in total. The number of rotatable bonds is 0. The average Bonchev–Trinajstić information content (AvgIpc) is 3.37. The third-order valence-electron chi connectivity index (χ3n) is 5.07. The van der Waals surface area contributed by atoms with Crippen molar-refractivity contribution in [3.63, 3.8) is 0 Å². The Kier molecular flexibility index (Phi) is 5.17. The van der Waals surface area contributed by atoms with Gasteiger partial charge in [0.2, 0.25) is 11.4 Å². The Labute approximate surface area is 192 Å². The maximum absolute atomic E-state index is 10.1. The molecule has 10 heteroatoms. The van der Waals surface area contributed by atoms with Gasteiger partial charge in [-0.3, -0.25) is 0 Å². The molecule has 0 atom stereocenters. The van der Waals surface area contributed by atoms with E-state index in [-0.39, 0.29) is 39.0 Å². The largest absolute Gasteiger partial charge is 0.249 e. The van der Waals surface area contributed by atoms with Gasteiger partial charge in [0.05, 0.1) is 41.5 Å². The van der Waals surface area contributed by atoms with Gasteiger partial charge in [-0.1, -0.05) is 0 Å². The highest BCUT2D eigenvalue weighted by molar-refractivity contribution is 6.16. The second-order valence-electron chi connectivity index (χ2n) is 6.32. The lowest BCUT2D eigenvalue weighted by atomic mass is 9.83. The highest BCUT2D eigenvalue weighted by Crippen LogP contribution is 2.54. The molecule has 0 unspecified atom stereocenters. The van der Waals surface area contributed by atoms with Crippen LogP contribution in [0, 0.1) is 104 Å². The van der Waals surface area contributed by atoms with Gasteiger partial charge in [0, 0.05) is 22.3 Å². The zero-order chi connectivity index (χ0) is 25.2. The summed E-state index contributed by atoms with van der Waals surface area (Å²) < 4.78 is 0. The topological polar surface area (TPSA) is 199 Å². The summed E-state index contributed by atoms with van der Waals surface area (Å²) in [5.41, 5.74) is -5.33. The van der Waals surface area contributed by atoms with E-state index in [1.807, 2.05) is 12.1 Å². The molecular weight excluding hydrogens is 428 g/mol. The molecule has 1 aromatic carbocycles. The van der Waals surface area contributed by atoms with Crippen LogP contribution in [0.3, 0.4) is 0 Å². The van der Waals surface area contributed by atoms with Gasteiger partial charge in [-0.15, -0.1) is 0 Å². The number of hydrogen-bond acceptors (Lipinski definition) is 8. The van der Waals surface area contributed by atoms with Gasteiger partial charge < -0.3 is 0 Å². The van der Waals surface area contributed by atoms with Crippen molar-refractivity contribution in [1.29, 1.82) is 42.1 Å². The lowest BCUT2D eigenvalue weighted by molar-refractivity contribution is 1.37. The van der Waals surface area contributed by atoms with Gasteiger partial charge in [-0.05, 0) is 11.1 Å². The first-order valence-electron chi connectivity index (χ1n) is 8.68. The molecule has 0 fully saturated rings. The molecule has 0 amide bonds. The molecule has 0 spiro atoms. The Bertz CT molecular complexity index is 1680. The molecule has 0 aromatic heterocycles. The number of benzene rings is 1. The van der Waals surface area contributed by atoms with E-state index in [1.165, 1.54) is 0 Å². The average molecular weight is 428 g/mol. The fourth-order valence-electron chi connectivity index (χ4n) is 3.90. The van der Waals surface area contributed by atoms with E-state index in [4.69, 9.17) is 13.1 Å². The van der Waals surface area contributed by atoms with Crippen molar-refractivity contribution >= 4 is 22.4 Å². The normalized spacial score (nSPS) is 12.1. The summed E-state index contributed by atoms with van der Waals surface area (Å²) in [4.78, 5) is 6.54. The van der Waals surface area contributed by atoms with Crippen LogP contribution in [0.5, 0.6) is 0 Å². The summed E-state index contributed by atoms with van der Waals surface area (Å²) in [6, 6.07) is 13.6. The fraction of sp³-hybridized carbons (Fsp3) is 0. The van der Waals surface area contributed by atoms with Crippen molar-refractivity contribution in [1.82, 2.24) is 0 Å². The molecule has 0 aliphatic heterocycles. The minimum absolute atomic E-state index is 0.237. The minimum atomic E-state index is -0.614. The van der Waals surface area contributed by atoms with E-state index in [1.54, 1.807) is 36.4 Å². The third-order valence-corrected chi connectivity index (χ3v) is 5.07. The summed E-state index contributed by atoms with van der Waals surface area (Å²) in [5.74, 6) is 0. The standard InChI is InChI=1S/C24N10/c1-33-23-18(12(5-27)6-28)21-16(10-32)20-17(11(3-25)4-26)13(7-29)14(8-30)19(20)15(9-31)22(21)24(23)34-2. The smallest absolute Gasteiger partial charge is 0.204 e. The molecule has 2 aliphatic carbocycles. The van der Waals surface area contributed by atoms with Crippen LogP contribution in [0.2, 0.25) is 0 Å². The second-order valence-corrected chi connectivity index (χ2v) is 6.32. The van der Waals surface area contributed by atoms with Crippen LogP contribution in [-0.2, 0) is 0 Å². The van der Waals surface area contributed by atoms with Gasteiger partial charge in [-0.25, -0.2) is 9.69 Å². The molecule has 2 aliphatic rings. The Balaban J connectivity index is 2.89. The van der Waals surface area contributed by atoms with Crippen molar-refractivity contribution in [2.75, 3.05) is 0 Å². The van der Waals surface area contributed by atoms with Crippen LogP contribution in [0.25, 0.3) is 32.1 Å². The second kappa shape index (κ2) is 8.07. The Hall–Kier alpha value is -6.92. The van der Waals surface area contributed by atoms with Crippen molar-refractivity contribution in [2.24, 2.45) is 0 Å². The summed E-state index contributed by atoms with van der Waals surface area (Å²) in [6.07, 6.45) is 0. The van der Waals surface area contributed by atoms with Crippen molar-refractivity contribution in [3.8, 4) is 48.6 Å². The van der Waals surface area contributed by atoms with Gasteiger partial charge in [0.15, 0.2) is 0 Å². The van der Waals surface area contributed by atoms with Gasteiger partial charge in [0.1, 0.15) is 53.6 Å². The van der Waals surface area contributed by atoms with E-state index in [2.05, 4.69) is 9.69 Å². The van der Waals surface area contributed by atoms with E-state index in [9.17, 15) is 42.1 Å². The van der Waals surface area contributed by atoms with E-state index in [0.717, 1.165) is 0 Å². The molecule has 0 saturated carbocycles. The van der Waals surface area contributed by atoms with Crippen LogP contribution in [0.4, 0.5) is 0 Å². The monoisotopic (exact) mass is 428 g/mol. The van der Waals surface area contributed by atoms with E-state index >= 15 is 0 Å². The molecule has 146 valence electrons. The van der Waals surface area contributed by atoms with Crippen LogP contribution in [-0.4, -0.2) is 0 Å². The highest BCUT2D eigenvalue weighted by Gasteiger charge is 2.43. The number of nitriles is 8. The van der Waals surface area contributed by atoms with Crippen molar-refractivity contribution < 1.29 is 0 Å². The molecule has 3 rings (SSSR count). The maximum Gasteiger partial charge on any atom is 0.204 e. The maximum atomic E-state index is 10.1. The molecule has 0 bridgehead atoms. The van der Waals surface area contributed by atoms with Gasteiger partial charge in [-0.2, -0.15) is 42.1 Å². The van der Waals surface area contributed by atoms with Crippen LogP contribution < -0.4 is 0 Å². The number of nitrogens with zero attached hydrogens (tertiary/aromatic N) is 10. The Morgan fingerprint density at radius 3 is 1.35 bits per heavy atom. The summed E-state index contributed by atoms with van der Waals surface area (Å²) in [6.45, 7) is 15.1. The number of fused-ring (bicyclic) bond motifs is 2. The van der Waals surface area contributed by atoms with Gasteiger partial charge in [0.25, 0.3) is 0 Å². The van der Waals surface area contributed by atoms with Gasteiger partial charge >= 0.3 is 0 Å². The molecule has 1 aromatic rings. The van der Waals surface area contributed by atoms with E-state index in [0.29, 0.717) is 0 Å². The Morgan fingerprint density at radius 1 is 0.500 bits per heavy atom. The minimum Gasteiger partial charge on any atom is -0.249 e. The predicted molar refractivity (Wildman–Crippen MR) is 110 cm³/mol. The molecule has 34 heavy (non-hydrogen) atoms. The van der Waals surface area contributed by atoms with Crippen LogP contribution >= 0.6 is 0 Å². The lowest BCUT2D eigenvalue weighted by Gasteiger charge is -2.16. The number of allylic oxidation sites excluding steroid dienone is 6. The first-order valence-corrected chi connectivity index (χ1v) is 8.68. The van der Waals surface area contributed by atoms with Crippen molar-refractivity contribution in [2.45, 2.75) is 0 Å².